The third-order valence-corrected chi connectivity index (χ3v) is 5.95. The molecule has 2 aliphatic carbocycles. The van der Waals surface area contributed by atoms with Crippen LogP contribution in [0.3, 0.4) is 0 Å². The summed E-state index contributed by atoms with van der Waals surface area (Å²) in [6.45, 7) is 11.5. The molecule has 0 saturated carbocycles. The Kier molecular flexibility index (Phi) is 6.95. The number of hydrogen-bond acceptors (Lipinski definition) is 1. The first kappa shape index (κ1) is 20.2. The van der Waals surface area contributed by atoms with Crippen molar-refractivity contribution in [2.24, 2.45) is 11.8 Å². The molecule has 1 nitrogen and oxygen atoms in total. The van der Waals surface area contributed by atoms with Gasteiger partial charge in [-0.15, -0.1) is 5.73 Å². The van der Waals surface area contributed by atoms with Gasteiger partial charge in [0.15, 0.2) is 0 Å². The molecule has 1 heteroatoms. The van der Waals surface area contributed by atoms with E-state index in [9.17, 15) is 0 Å². The van der Waals surface area contributed by atoms with Crippen molar-refractivity contribution in [2.45, 2.75) is 46.5 Å². The van der Waals surface area contributed by atoms with E-state index in [0.717, 1.165) is 32.2 Å². The van der Waals surface area contributed by atoms with Crippen LogP contribution in [0.4, 0.5) is 5.69 Å². The fourth-order valence-corrected chi connectivity index (χ4v) is 4.32. The van der Waals surface area contributed by atoms with Crippen LogP contribution in [0.2, 0.25) is 0 Å². The van der Waals surface area contributed by atoms with Crippen LogP contribution in [0.15, 0.2) is 83.7 Å². The molecular weight excluding hydrogens is 338 g/mol. The molecule has 0 heterocycles. The van der Waals surface area contributed by atoms with Gasteiger partial charge in [-0.2, -0.15) is 0 Å². The summed E-state index contributed by atoms with van der Waals surface area (Å²) in [4.78, 5) is 0. The Morgan fingerprint density at radius 3 is 2.89 bits per heavy atom. The highest BCUT2D eigenvalue weighted by Gasteiger charge is 2.19. The molecule has 0 radical (unpaired) electrons. The minimum atomic E-state index is 0.517. The van der Waals surface area contributed by atoms with E-state index < -0.39 is 0 Å². The molecule has 0 spiro atoms. The van der Waals surface area contributed by atoms with Crippen molar-refractivity contribution in [1.29, 1.82) is 0 Å². The zero-order chi connectivity index (χ0) is 19.9. The third-order valence-electron chi connectivity index (χ3n) is 5.95. The molecule has 0 aliphatic heterocycles. The Hall–Kier alpha value is -2.50. The Morgan fingerprint density at radius 1 is 1.29 bits per heavy atom. The minimum Gasteiger partial charge on any atom is -0.385 e. The van der Waals surface area contributed by atoms with Gasteiger partial charge in [0, 0.05) is 18.2 Å². The van der Waals surface area contributed by atoms with Gasteiger partial charge in [0.05, 0.1) is 0 Å². The van der Waals surface area contributed by atoms with Gasteiger partial charge in [-0.3, -0.25) is 0 Å². The van der Waals surface area contributed by atoms with Crippen LogP contribution in [0.5, 0.6) is 0 Å². The molecule has 2 atom stereocenters. The molecule has 1 aromatic rings. The number of hydrogen-bond donors (Lipinski definition) is 1. The molecule has 0 fully saturated rings. The lowest BCUT2D eigenvalue weighted by Crippen LogP contribution is -2.11. The lowest BCUT2D eigenvalue weighted by molar-refractivity contribution is 0.545. The van der Waals surface area contributed by atoms with Crippen molar-refractivity contribution >= 4 is 11.3 Å². The van der Waals surface area contributed by atoms with Crippen LogP contribution in [0, 0.1) is 11.8 Å². The van der Waals surface area contributed by atoms with Crippen LogP contribution < -0.4 is 5.32 Å². The summed E-state index contributed by atoms with van der Waals surface area (Å²) in [6.07, 6.45) is 16.0. The lowest BCUT2D eigenvalue weighted by Gasteiger charge is -2.24. The quantitative estimate of drug-likeness (QED) is 0.467. The first-order chi connectivity index (χ1) is 13.7. The number of nitrogens with one attached hydrogen (secondary N) is 1. The molecule has 2 aliphatic rings. The van der Waals surface area contributed by atoms with E-state index in [1.165, 1.54) is 33.5 Å². The summed E-state index contributed by atoms with van der Waals surface area (Å²) in [5.74, 6) is 1.09. The predicted molar refractivity (Wildman–Crippen MR) is 123 cm³/mol. The summed E-state index contributed by atoms with van der Waals surface area (Å²) < 4.78 is 0. The Morgan fingerprint density at radius 2 is 2.14 bits per heavy atom. The Balaban J connectivity index is 1.73. The monoisotopic (exact) mass is 371 g/mol. The standard InChI is InChI=1S/C27H33N/c1-5-21(6-2)22(7-3)16-17-28-25-12-8-11-24(19-25)26-13-9-10-23-15-14-20(4)18-27(23)26/h8-9,11-15,18-19,22-23,28H,1,6-7,10,16-17H2,2-4H3. The van der Waals surface area contributed by atoms with Gasteiger partial charge in [-0.25, -0.2) is 0 Å². The molecule has 146 valence electrons. The second kappa shape index (κ2) is 9.62. The summed E-state index contributed by atoms with van der Waals surface area (Å²) in [7, 11) is 0. The SMILES string of the molecule is C=C=C(CC)C(CC)CCNc1cccc(C2=C3C=C(C)C=CC3CC=C2)c1. The Labute approximate surface area is 170 Å². The second-order valence-electron chi connectivity index (χ2n) is 7.82. The lowest BCUT2D eigenvalue weighted by atomic mass is 9.80. The van der Waals surface area contributed by atoms with Crippen molar-refractivity contribution in [3.05, 3.63) is 89.2 Å². The van der Waals surface area contributed by atoms with E-state index in [0.29, 0.717) is 11.8 Å². The van der Waals surface area contributed by atoms with Crippen LogP contribution in [0.25, 0.3) is 5.57 Å². The highest BCUT2D eigenvalue weighted by molar-refractivity contribution is 5.82. The molecule has 0 saturated heterocycles. The first-order valence-corrected chi connectivity index (χ1v) is 10.7. The average molecular weight is 372 g/mol. The summed E-state index contributed by atoms with van der Waals surface area (Å²) in [6, 6.07) is 8.86. The topological polar surface area (TPSA) is 12.0 Å². The molecule has 2 unspecified atom stereocenters. The fourth-order valence-electron chi connectivity index (χ4n) is 4.32. The van der Waals surface area contributed by atoms with Gasteiger partial charge in [0.25, 0.3) is 0 Å². The normalized spacial score (nSPS) is 19.0. The van der Waals surface area contributed by atoms with Crippen LogP contribution in [0.1, 0.15) is 52.0 Å². The fraction of sp³-hybridized carbons (Fsp3) is 0.370. The van der Waals surface area contributed by atoms with E-state index in [1.807, 2.05) is 0 Å². The largest absolute Gasteiger partial charge is 0.385 e. The van der Waals surface area contributed by atoms with Crippen LogP contribution in [-0.2, 0) is 0 Å². The second-order valence-corrected chi connectivity index (χ2v) is 7.82. The average Bonchev–Trinajstić information content (AvgIpc) is 2.73. The van der Waals surface area contributed by atoms with E-state index in [-0.39, 0.29) is 0 Å². The van der Waals surface area contributed by atoms with Gasteiger partial charge in [0.1, 0.15) is 0 Å². The zero-order valence-electron chi connectivity index (χ0n) is 17.6. The molecule has 1 N–H and O–H groups in total. The minimum absolute atomic E-state index is 0.517. The van der Waals surface area contributed by atoms with E-state index >= 15 is 0 Å². The predicted octanol–water partition coefficient (Wildman–Crippen LogP) is 7.48. The zero-order valence-corrected chi connectivity index (χ0v) is 17.6. The van der Waals surface area contributed by atoms with Gasteiger partial charge < -0.3 is 5.32 Å². The number of fused-ring (bicyclic) bond motifs is 1. The molecule has 28 heavy (non-hydrogen) atoms. The first-order valence-electron chi connectivity index (χ1n) is 10.7. The molecule has 1 aromatic carbocycles. The van der Waals surface area contributed by atoms with Crippen molar-refractivity contribution in [1.82, 2.24) is 0 Å². The van der Waals surface area contributed by atoms with Crippen molar-refractivity contribution in [3.8, 4) is 0 Å². The smallest absolute Gasteiger partial charge is 0.0346 e. The molecular formula is C27H33N. The summed E-state index contributed by atoms with van der Waals surface area (Å²) >= 11 is 0. The highest BCUT2D eigenvalue weighted by atomic mass is 14.9. The summed E-state index contributed by atoms with van der Waals surface area (Å²) in [5.41, 5.74) is 11.1. The number of allylic oxidation sites excluding steroid dienone is 9. The van der Waals surface area contributed by atoms with Crippen molar-refractivity contribution < 1.29 is 0 Å². The highest BCUT2D eigenvalue weighted by Crippen LogP contribution is 2.37. The van der Waals surface area contributed by atoms with Crippen molar-refractivity contribution in [2.75, 3.05) is 11.9 Å². The number of benzene rings is 1. The number of anilines is 1. The third kappa shape index (κ3) is 4.66. The van der Waals surface area contributed by atoms with Gasteiger partial charge in [0.2, 0.25) is 0 Å². The number of rotatable bonds is 8. The van der Waals surface area contributed by atoms with Crippen molar-refractivity contribution in [3.63, 3.8) is 0 Å². The van der Waals surface area contributed by atoms with Crippen LogP contribution >= 0.6 is 0 Å². The molecule has 0 amide bonds. The van der Waals surface area contributed by atoms with Crippen LogP contribution in [-0.4, -0.2) is 6.54 Å². The maximum Gasteiger partial charge on any atom is 0.0346 e. The van der Waals surface area contributed by atoms with E-state index in [1.54, 1.807) is 0 Å². The Bertz CT molecular complexity index is 871. The van der Waals surface area contributed by atoms with E-state index in [4.69, 9.17) is 0 Å². The van der Waals surface area contributed by atoms with Gasteiger partial charge >= 0.3 is 0 Å². The molecule has 0 bridgehead atoms. The summed E-state index contributed by atoms with van der Waals surface area (Å²) in [5, 5.41) is 3.64. The maximum absolute atomic E-state index is 3.87. The maximum atomic E-state index is 3.87. The molecule has 0 aromatic heterocycles. The van der Waals surface area contributed by atoms with Gasteiger partial charge in [-0.05, 0) is 72.9 Å². The molecule has 3 rings (SSSR count). The van der Waals surface area contributed by atoms with Gasteiger partial charge in [-0.1, -0.05) is 68.5 Å². The van der Waals surface area contributed by atoms with E-state index in [2.05, 4.69) is 93.0 Å².